The van der Waals surface area contributed by atoms with Gasteiger partial charge in [0.25, 0.3) is 0 Å². The highest BCUT2D eigenvalue weighted by molar-refractivity contribution is 5.28. The van der Waals surface area contributed by atoms with Crippen LogP contribution in [0, 0.1) is 6.92 Å². The van der Waals surface area contributed by atoms with Gasteiger partial charge in [-0.25, -0.2) is 4.98 Å². The van der Waals surface area contributed by atoms with Crippen molar-refractivity contribution in [3.05, 3.63) is 53.6 Å². The van der Waals surface area contributed by atoms with E-state index in [1.165, 1.54) is 11.1 Å². The lowest BCUT2D eigenvalue weighted by Gasteiger charge is -2.25. The summed E-state index contributed by atoms with van der Waals surface area (Å²) in [6, 6.07) is 8.43. The van der Waals surface area contributed by atoms with Gasteiger partial charge >= 0.3 is 0 Å². The Morgan fingerprint density at radius 2 is 2.17 bits per heavy atom. The highest BCUT2D eigenvalue weighted by atomic mass is 15.0. The van der Waals surface area contributed by atoms with E-state index < -0.39 is 0 Å². The molecular formula is C15H21N3. The molecule has 0 fully saturated rings. The van der Waals surface area contributed by atoms with Crippen LogP contribution in [-0.2, 0) is 19.0 Å². The lowest BCUT2D eigenvalue weighted by molar-refractivity contribution is 0.444. The molecule has 2 rings (SSSR count). The van der Waals surface area contributed by atoms with Crippen molar-refractivity contribution in [1.29, 1.82) is 0 Å². The van der Waals surface area contributed by atoms with Crippen LogP contribution >= 0.6 is 0 Å². The fourth-order valence-corrected chi connectivity index (χ4v) is 2.15. The first-order chi connectivity index (χ1) is 8.49. The second-order valence-electron chi connectivity index (χ2n) is 5.24. The van der Waals surface area contributed by atoms with Crippen molar-refractivity contribution in [3.63, 3.8) is 0 Å². The van der Waals surface area contributed by atoms with Crippen LogP contribution in [0.15, 0.2) is 36.7 Å². The Bertz CT molecular complexity index is 526. The Kier molecular flexibility index (Phi) is 3.53. The first-order valence-electron chi connectivity index (χ1n) is 6.31. The van der Waals surface area contributed by atoms with Crippen molar-refractivity contribution in [1.82, 2.24) is 9.55 Å². The molecule has 18 heavy (non-hydrogen) atoms. The Balaban J connectivity index is 2.10. The van der Waals surface area contributed by atoms with E-state index in [9.17, 15) is 0 Å². The molecule has 0 bridgehead atoms. The maximum Gasteiger partial charge on any atom is 0.108 e. The van der Waals surface area contributed by atoms with E-state index in [4.69, 9.17) is 5.73 Å². The molecule has 1 heterocycles. The summed E-state index contributed by atoms with van der Waals surface area (Å²) in [5.41, 5.74) is 8.57. The smallest absolute Gasteiger partial charge is 0.108 e. The zero-order valence-electron chi connectivity index (χ0n) is 11.4. The number of hydrogen-bond acceptors (Lipinski definition) is 2. The fourth-order valence-electron chi connectivity index (χ4n) is 2.15. The second-order valence-corrected chi connectivity index (χ2v) is 5.24. The molecule has 0 saturated heterocycles. The SMILES string of the molecule is Cc1cccc(C(C)(N)CCc2nccn2C)c1. The molecule has 0 radical (unpaired) electrons. The third-order valence-corrected chi connectivity index (χ3v) is 3.47. The number of imidazole rings is 1. The highest BCUT2D eigenvalue weighted by Crippen LogP contribution is 2.23. The zero-order valence-corrected chi connectivity index (χ0v) is 11.4. The molecule has 2 aromatic rings. The number of hydrogen-bond donors (Lipinski definition) is 1. The van der Waals surface area contributed by atoms with Gasteiger partial charge in [0.05, 0.1) is 0 Å². The van der Waals surface area contributed by atoms with Crippen LogP contribution in [-0.4, -0.2) is 9.55 Å². The van der Waals surface area contributed by atoms with Gasteiger partial charge in [-0.3, -0.25) is 0 Å². The van der Waals surface area contributed by atoms with E-state index >= 15 is 0 Å². The molecule has 1 unspecified atom stereocenters. The number of aryl methyl sites for hydroxylation is 3. The molecular weight excluding hydrogens is 222 g/mol. The first-order valence-corrected chi connectivity index (χ1v) is 6.31. The summed E-state index contributed by atoms with van der Waals surface area (Å²) >= 11 is 0. The average molecular weight is 243 g/mol. The van der Waals surface area contributed by atoms with Gasteiger partial charge in [-0.2, -0.15) is 0 Å². The van der Waals surface area contributed by atoms with E-state index in [0.29, 0.717) is 0 Å². The maximum absolute atomic E-state index is 6.44. The van der Waals surface area contributed by atoms with Crippen molar-refractivity contribution in [3.8, 4) is 0 Å². The molecule has 2 N–H and O–H groups in total. The Hall–Kier alpha value is -1.61. The summed E-state index contributed by atoms with van der Waals surface area (Å²) in [7, 11) is 2.02. The molecule has 1 atom stereocenters. The predicted molar refractivity (Wildman–Crippen MR) is 74.2 cm³/mol. The van der Waals surface area contributed by atoms with E-state index in [-0.39, 0.29) is 5.54 Å². The average Bonchev–Trinajstić information content (AvgIpc) is 2.72. The van der Waals surface area contributed by atoms with Gasteiger partial charge in [-0.05, 0) is 25.8 Å². The quantitative estimate of drug-likeness (QED) is 0.896. The number of rotatable bonds is 4. The van der Waals surface area contributed by atoms with E-state index in [2.05, 4.69) is 43.1 Å². The van der Waals surface area contributed by atoms with E-state index in [1.807, 2.05) is 24.0 Å². The normalized spacial score (nSPS) is 14.4. The van der Waals surface area contributed by atoms with Crippen molar-refractivity contribution in [2.45, 2.75) is 32.2 Å². The summed E-state index contributed by atoms with van der Waals surface area (Å²) in [6.45, 7) is 4.18. The van der Waals surface area contributed by atoms with Crippen LogP contribution in [0.4, 0.5) is 0 Å². The van der Waals surface area contributed by atoms with Crippen molar-refractivity contribution < 1.29 is 0 Å². The topological polar surface area (TPSA) is 43.8 Å². The number of nitrogens with two attached hydrogens (primary N) is 1. The van der Waals surface area contributed by atoms with Crippen LogP contribution in [0.3, 0.4) is 0 Å². The largest absolute Gasteiger partial charge is 0.338 e. The minimum absolute atomic E-state index is 0.308. The summed E-state index contributed by atoms with van der Waals surface area (Å²) in [5.74, 6) is 1.08. The molecule has 0 saturated carbocycles. The van der Waals surface area contributed by atoms with Gasteiger partial charge in [-0.1, -0.05) is 29.8 Å². The van der Waals surface area contributed by atoms with E-state index in [1.54, 1.807) is 0 Å². The Labute approximate surface area is 109 Å². The fraction of sp³-hybridized carbons (Fsp3) is 0.400. The minimum atomic E-state index is -0.308. The van der Waals surface area contributed by atoms with Gasteiger partial charge in [0.2, 0.25) is 0 Å². The van der Waals surface area contributed by atoms with Gasteiger partial charge in [0, 0.05) is 31.4 Å². The Morgan fingerprint density at radius 1 is 1.39 bits per heavy atom. The molecule has 3 heteroatoms. The lowest BCUT2D eigenvalue weighted by atomic mass is 9.87. The summed E-state index contributed by atoms with van der Waals surface area (Å²) < 4.78 is 2.05. The van der Waals surface area contributed by atoms with Crippen LogP contribution < -0.4 is 5.73 Å². The number of benzene rings is 1. The predicted octanol–water partition coefficient (Wildman–Crippen LogP) is 2.54. The summed E-state index contributed by atoms with van der Waals surface area (Å²) in [6.07, 6.45) is 5.58. The van der Waals surface area contributed by atoms with Crippen LogP contribution in [0.25, 0.3) is 0 Å². The van der Waals surface area contributed by atoms with Crippen LogP contribution in [0.1, 0.15) is 30.3 Å². The summed E-state index contributed by atoms with van der Waals surface area (Å²) in [4.78, 5) is 4.34. The molecule has 3 nitrogen and oxygen atoms in total. The zero-order chi connectivity index (χ0) is 13.2. The number of aromatic nitrogens is 2. The second kappa shape index (κ2) is 4.94. The molecule has 0 aliphatic carbocycles. The monoisotopic (exact) mass is 243 g/mol. The van der Waals surface area contributed by atoms with Crippen molar-refractivity contribution in [2.75, 3.05) is 0 Å². The molecule has 0 aliphatic rings. The van der Waals surface area contributed by atoms with Crippen LogP contribution in [0.5, 0.6) is 0 Å². The van der Waals surface area contributed by atoms with Gasteiger partial charge < -0.3 is 10.3 Å². The van der Waals surface area contributed by atoms with Gasteiger partial charge in [0.15, 0.2) is 0 Å². The third-order valence-electron chi connectivity index (χ3n) is 3.47. The van der Waals surface area contributed by atoms with Crippen LogP contribution in [0.2, 0.25) is 0 Å². The maximum atomic E-state index is 6.44. The number of nitrogens with zero attached hydrogens (tertiary/aromatic N) is 2. The molecule has 0 amide bonds. The minimum Gasteiger partial charge on any atom is -0.338 e. The van der Waals surface area contributed by atoms with Crippen molar-refractivity contribution in [2.24, 2.45) is 12.8 Å². The van der Waals surface area contributed by atoms with Gasteiger partial charge in [0.1, 0.15) is 5.82 Å². The first kappa shape index (κ1) is 12.8. The lowest BCUT2D eigenvalue weighted by Crippen LogP contribution is -2.33. The third kappa shape index (κ3) is 2.79. The van der Waals surface area contributed by atoms with Gasteiger partial charge in [-0.15, -0.1) is 0 Å². The standard InChI is InChI=1S/C15H21N3/c1-12-5-4-6-13(11-12)15(2,16)8-7-14-17-9-10-18(14)3/h4-6,9-11H,7-8,16H2,1-3H3. The highest BCUT2D eigenvalue weighted by Gasteiger charge is 2.21. The molecule has 1 aromatic heterocycles. The van der Waals surface area contributed by atoms with Crippen molar-refractivity contribution >= 4 is 0 Å². The molecule has 1 aromatic carbocycles. The summed E-state index contributed by atoms with van der Waals surface area (Å²) in [5, 5.41) is 0. The molecule has 0 spiro atoms. The Morgan fingerprint density at radius 3 is 2.78 bits per heavy atom. The van der Waals surface area contributed by atoms with E-state index in [0.717, 1.165) is 18.7 Å². The molecule has 96 valence electrons. The molecule has 0 aliphatic heterocycles.